The van der Waals surface area contributed by atoms with Gasteiger partial charge in [0.25, 0.3) is 0 Å². The second kappa shape index (κ2) is 6.14. The number of hydrogen-bond acceptors (Lipinski definition) is 3. The lowest BCUT2D eigenvalue weighted by Crippen LogP contribution is -2.36. The number of nitrogens with zero attached hydrogens (tertiary/aromatic N) is 1. The van der Waals surface area contributed by atoms with Crippen LogP contribution in [0, 0.1) is 0 Å². The number of methoxy groups -OCH3 is 1. The number of halogens is 1. The number of aryl methyl sites for hydroxylation is 1. The summed E-state index contributed by atoms with van der Waals surface area (Å²) in [5.74, 6) is 0.640. The largest absolute Gasteiger partial charge is 0.495 e. The van der Waals surface area contributed by atoms with Gasteiger partial charge in [0.2, 0.25) is 0 Å². The Hall–Kier alpha value is -1.42. The normalized spacial score (nSPS) is 15.2. The van der Waals surface area contributed by atoms with Crippen molar-refractivity contribution in [2.45, 2.75) is 45.8 Å². The maximum atomic E-state index is 12.2. The Morgan fingerprint density at radius 1 is 1.29 bits per heavy atom. The summed E-state index contributed by atoms with van der Waals surface area (Å²) in [7, 11) is 1.59. The van der Waals surface area contributed by atoms with Crippen molar-refractivity contribution >= 4 is 17.7 Å². The molecule has 0 unspecified atom stereocenters. The van der Waals surface area contributed by atoms with Crippen LogP contribution in [0.15, 0.2) is 12.1 Å². The fourth-order valence-electron chi connectivity index (χ4n) is 2.40. The van der Waals surface area contributed by atoms with E-state index in [9.17, 15) is 4.79 Å². The predicted molar refractivity (Wildman–Crippen MR) is 83.0 cm³/mol. The molecule has 2 rings (SSSR count). The smallest absolute Gasteiger partial charge is 0.410 e. The molecule has 0 saturated carbocycles. The Morgan fingerprint density at radius 3 is 2.62 bits per heavy atom. The van der Waals surface area contributed by atoms with Crippen molar-refractivity contribution in [2.75, 3.05) is 13.7 Å². The van der Waals surface area contributed by atoms with Gasteiger partial charge >= 0.3 is 6.09 Å². The Labute approximate surface area is 131 Å². The van der Waals surface area contributed by atoms with Crippen LogP contribution in [0.4, 0.5) is 4.79 Å². The van der Waals surface area contributed by atoms with E-state index in [1.807, 2.05) is 32.9 Å². The van der Waals surface area contributed by atoms with Gasteiger partial charge in [-0.2, -0.15) is 0 Å². The minimum Gasteiger partial charge on any atom is -0.495 e. The molecule has 0 fully saturated rings. The first-order valence-electron chi connectivity index (χ1n) is 7.13. The van der Waals surface area contributed by atoms with E-state index in [1.54, 1.807) is 12.0 Å². The van der Waals surface area contributed by atoms with Crippen molar-refractivity contribution < 1.29 is 14.3 Å². The summed E-state index contributed by atoms with van der Waals surface area (Å²) in [4.78, 5) is 14.0. The van der Waals surface area contributed by atoms with E-state index >= 15 is 0 Å². The predicted octanol–water partition coefficient (Wildman–Crippen LogP) is 4.03. The molecule has 0 saturated heterocycles. The van der Waals surface area contributed by atoms with E-state index in [0.29, 0.717) is 23.9 Å². The number of hydrogen-bond donors (Lipinski definition) is 0. The molecule has 5 heteroatoms. The van der Waals surface area contributed by atoms with Crippen LogP contribution in [-0.4, -0.2) is 30.2 Å². The molecule has 0 aliphatic carbocycles. The highest BCUT2D eigenvalue weighted by Gasteiger charge is 2.25. The summed E-state index contributed by atoms with van der Waals surface area (Å²) in [6, 6.07) is 3.86. The van der Waals surface area contributed by atoms with Gasteiger partial charge in [0.05, 0.1) is 12.1 Å². The molecule has 1 amide bonds. The third-order valence-corrected chi connectivity index (χ3v) is 3.66. The van der Waals surface area contributed by atoms with Crippen molar-refractivity contribution in [3.63, 3.8) is 0 Å². The lowest BCUT2D eigenvalue weighted by molar-refractivity contribution is 0.0236. The summed E-state index contributed by atoms with van der Waals surface area (Å²) in [6.07, 6.45) is 1.53. The topological polar surface area (TPSA) is 38.8 Å². The second-order valence-electron chi connectivity index (χ2n) is 6.26. The van der Waals surface area contributed by atoms with E-state index in [-0.39, 0.29) is 6.09 Å². The van der Waals surface area contributed by atoms with Gasteiger partial charge in [-0.25, -0.2) is 4.79 Å². The first-order chi connectivity index (χ1) is 9.80. The van der Waals surface area contributed by atoms with Crippen molar-refractivity contribution in [2.24, 2.45) is 0 Å². The average Bonchev–Trinajstić information content (AvgIpc) is 2.57. The van der Waals surface area contributed by atoms with Crippen molar-refractivity contribution in [1.82, 2.24) is 4.90 Å². The molecule has 116 valence electrons. The molecule has 1 aliphatic heterocycles. The summed E-state index contributed by atoms with van der Waals surface area (Å²) in [6.45, 7) is 6.83. The van der Waals surface area contributed by atoms with Crippen LogP contribution in [0.1, 0.15) is 38.3 Å². The van der Waals surface area contributed by atoms with Crippen LogP contribution in [-0.2, 0) is 17.7 Å². The third kappa shape index (κ3) is 4.03. The minimum absolute atomic E-state index is 0.274. The number of rotatable bonds is 1. The molecule has 1 aliphatic rings. The lowest BCUT2D eigenvalue weighted by Gasteiger charge is -2.26. The van der Waals surface area contributed by atoms with Gasteiger partial charge in [-0.1, -0.05) is 11.6 Å². The van der Waals surface area contributed by atoms with Gasteiger partial charge in [-0.15, -0.1) is 0 Å². The molecule has 1 aromatic rings. The molecule has 21 heavy (non-hydrogen) atoms. The highest BCUT2D eigenvalue weighted by Crippen LogP contribution is 2.31. The average molecular weight is 312 g/mol. The van der Waals surface area contributed by atoms with E-state index < -0.39 is 5.60 Å². The Bertz CT molecular complexity index is 537. The van der Waals surface area contributed by atoms with Crippen LogP contribution >= 0.6 is 11.6 Å². The number of benzene rings is 1. The molecular weight excluding hydrogens is 290 g/mol. The number of amides is 1. The Morgan fingerprint density at radius 2 is 2.00 bits per heavy atom. The number of carbonyl (C=O) groups excluding carboxylic acids is 1. The van der Waals surface area contributed by atoms with Crippen molar-refractivity contribution in [1.29, 1.82) is 0 Å². The van der Waals surface area contributed by atoms with Crippen LogP contribution < -0.4 is 4.74 Å². The molecule has 1 heterocycles. The number of fused-ring (bicyclic) bond motifs is 1. The van der Waals surface area contributed by atoms with E-state index in [1.165, 1.54) is 5.56 Å². The fraction of sp³-hybridized carbons (Fsp3) is 0.562. The molecule has 0 radical (unpaired) electrons. The number of ether oxygens (including phenoxy) is 2. The standard InChI is InChI=1S/C16H22ClNO3/c1-16(2,3)21-15(19)18-7-5-6-11-8-13(17)14(20-4)9-12(11)10-18/h8-9H,5-7,10H2,1-4H3. The summed E-state index contributed by atoms with van der Waals surface area (Å²) >= 11 is 6.17. The van der Waals surface area contributed by atoms with E-state index in [0.717, 1.165) is 18.4 Å². The Kier molecular flexibility index (Phi) is 4.67. The van der Waals surface area contributed by atoms with Gasteiger partial charge in [0.1, 0.15) is 11.4 Å². The molecule has 0 aromatic heterocycles. The molecule has 0 N–H and O–H groups in total. The van der Waals surface area contributed by atoms with Gasteiger partial charge in [-0.05, 0) is 56.9 Å². The zero-order valence-electron chi connectivity index (χ0n) is 13.0. The SMILES string of the molecule is COc1cc2c(cc1Cl)CCCN(C(=O)OC(C)(C)C)C2. The van der Waals surface area contributed by atoms with Crippen LogP contribution in [0.25, 0.3) is 0 Å². The van der Waals surface area contributed by atoms with Gasteiger partial charge in [-0.3, -0.25) is 0 Å². The van der Waals surface area contributed by atoms with E-state index in [2.05, 4.69) is 0 Å². The highest BCUT2D eigenvalue weighted by molar-refractivity contribution is 6.32. The summed E-state index contributed by atoms with van der Waals surface area (Å²) in [5, 5.41) is 0.613. The third-order valence-electron chi connectivity index (χ3n) is 3.36. The van der Waals surface area contributed by atoms with Crippen molar-refractivity contribution in [3.8, 4) is 5.75 Å². The quantitative estimate of drug-likeness (QED) is 0.786. The first-order valence-corrected chi connectivity index (χ1v) is 7.51. The van der Waals surface area contributed by atoms with Gasteiger partial charge in [0, 0.05) is 13.1 Å². The fourth-order valence-corrected chi connectivity index (χ4v) is 2.66. The van der Waals surface area contributed by atoms with Crippen LogP contribution in [0.5, 0.6) is 5.75 Å². The maximum Gasteiger partial charge on any atom is 0.410 e. The molecule has 0 atom stereocenters. The maximum absolute atomic E-state index is 12.2. The summed E-state index contributed by atoms with van der Waals surface area (Å²) in [5.41, 5.74) is 1.76. The Balaban J connectivity index is 2.22. The molecular formula is C16H22ClNO3. The zero-order chi connectivity index (χ0) is 15.6. The van der Waals surface area contributed by atoms with Gasteiger partial charge in [0.15, 0.2) is 0 Å². The second-order valence-corrected chi connectivity index (χ2v) is 6.67. The van der Waals surface area contributed by atoms with Crippen LogP contribution in [0.3, 0.4) is 0 Å². The molecule has 0 spiro atoms. The van der Waals surface area contributed by atoms with Gasteiger partial charge < -0.3 is 14.4 Å². The van der Waals surface area contributed by atoms with Crippen LogP contribution in [0.2, 0.25) is 5.02 Å². The minimum atomic E-state index is -0.482. The monoisotopic (exact) mass is 311 g/mol. The lowest BCUT2D eigenvalue weighted by atomic mass is 10.0. The van der Waals surface area contributed by atoms with Crippen molar-refractivity contribution in [3.05, 3.63) is 28.3 Å². The summed E-state index contributed by atoms with van der Waals surface area (Å²) < 4.78 is 10.7. The van der Waals surface area contributed by atoms with E-state index in [4.69, 9.17) is 21.1 Å². The molecule has 4 nitrogen and oxygen atoms in total. The first kappa shape index (κ1) is 16.0. The number of carbonyl (C=O) groups is 1. The molecule has 1 aromatic carbocycles. The highest BCUT2D eigenvalue weighted by atomic mass is 35.5. The molecule has 0 bridgehead atoms. The zero-order valence-corrected chi connectivity index (χ0v) is 13.8.